The molecule has 0 fully saturated rings. The first-order valence-corrected chi connectivity index (χ1v) is 4.89. The normalized spacial score (nSPS) is 10.2. The second kappa shape index (κ2) is 4.65. The van der Waals surface area contributed by atoms with E-state index in [4.69, 9.17) is 9.84 Å². The van der Waals surface area contributed by atoms with Crippen molar-refractivity contribution in [3.05, 3.63) is 41.5 Å². The Bertz CT molecular complexity index is 522. The monoisotopic (exact) mass is 234 g/mol. The van der Waals surface area contributed by atoms with Crippen LogP contribution in [0.1, 0.15) is 21.7 Å². The number of nitrogens with zero attached hydrogens (tertiary/aromatic N) is 2. The molecule has 2 aromatic rings. The summed E-state index contributed by atoms with van der Waals surface area (Å²) >= 11 is 0. The molecule has 6 nitrogen and oxygen atoms in total. The van der Waals surface area contributed by atoms with E-state index in [0.29, 0.717) is 11.6 Å². The number of rotatable bonds is 4. The Balaban J connectivity index is 2.19. The number of ether oxygens (including phenoxy) is 1. The van der Waals surface area contributed by atoms with E-state index in [1.165, 1.54) is 12.5 Å². The number of carbonyl (C=O) groups is 1. The van der Waals surface area contributed by atoms with Crippen LogP contribution in [0.2, 0.25) is 0 Å². The van der Waals surface area contributed by atoms with Gasteiger partial charge in [0.05, 0.1) is 0 Å². The summed E-state index contributed by atoms with van der Waals surface area (Å²) in [5.74, 6) is -0.377. The number of aromatic carboxylic acids is 1. The molecule has 0 aliphatic heterocycles. The van der Waals surface area contributed by atoms with E-state index in [-0.39, 0.29) is 12.2 Å². The van der Waals surface area contributed by atoms with Crippen LogP contribution in [0.25, 0.3) is 0 Å². The highest BCUT2D eigenvalue weighted by molar-refractivity contribution is 5.90. The van der Waals surface area contributed by atoms with Crippen LogP contribution in [0.5, 0.6) is 5.75 Å². The molecular formula is C11H10N2O4. The lowest BCUT2D eigenvalue weighted by Crippen LogP contribution is -2.04. The molecule has 2 rings (SSSR count). The quantitative estimate of drug-likeness (QED) is 0.865. The second-order valence-corrected chi connectivity index (χ2v) is 3.44. The Hall–Kier alpha value is -2.37. The zero-order chi connectivity index (χ0) is 12.3. The maximum atomic E-state index is 11.0. The van der Waals surface area contributed by atoms with Gasteiger partial charge in [0, 0.05) is 0 Å². The van der Waals surface area contributed by atoms with Crippen LogP contribution in [-0.4, -0.2) is 21.2 Å². The van der Waals surface area contributed by atoms with Gasteiger partial charge in [0.15, 0.2) is 6.61 Å². The molecule has 0 unspecified atom stereocenters. The van der Waals surface area contributed by atoms with Crippen molar-refractivity contribution in [2.75, 3.05) is 0 Å². The molecule has 0 saturated carbocycles. The lowest BCUT2D eigenvalue weighted by molar-refractivity contribution is 0.0691. The minimum Gasteiger partial charge on any atom is -0.485 e. The largest absolute Gasteiger partial charge is 0.485 e. The van der Waals surface area contributed by atoms with Gasteiger partial charge in [-0.3, -0.25) is 0 Å². The van der Waals surface area contributed by atoms with Crippen LogP contribution in [0.3, 0.4) is 0 Å². The van der Waals surface area contributed by atoms with Gasteiger partial charge < -0.3 is 14.4 Å². The Morgan fingerprint density at radius 2 is 2.35 bits per heavy atom. The minimum atomic E-state index is -1.03. The van der Waals surface area contributed by atoms with Crippen molar-refractivity contribution >= 4 is 5.97 Å². The maximum Gasteiger partial charge on any atom is 0.339 e. The van der Waals surface area contributed by atoms with E-state index in [1.54, 1.807) is 12.1 Å². The van der Waals surface area contributed by atoms with E-state index >= 15 is 0 Å². The van der Waals surface area contributed by atoms with Crippen LogP contribution in [0.4, 0.5) is 0 Å². The SMILES string of the molecule is Cc1ccc(C(=O)O)c(OCc2ncon2)c1. The van der Waals surface area contributed by atoms with Gasteiger partial charge in [-0.05, 0) is 24.6 Å². The molecular weight excluding hydrogens is 224 g/mol. The molecule has 0 bridgehead atoms. The van der Waals surface area contributed by atoms with Gasteiger partial charge in [0.1, 0.15) is 11.3 Å². The van der Waals surface area contributed by atoms with Gasteiger partial charge in [-0.25, -0.2) is 4.79 Å². The number of benzene rings is 1. The zero-order valence-corrected chi connectivity index (χ0v) is 9.08. The van der Waals surface area contributed by atoms with Crippen molar-refractivity contribution in [1.29, 1.82) is 0 Å². The molecule has 0 radical (unpaired) electrons. The summed E-state index contributed by atoms with van der Waals surface area (Å²) in [5.41, 5.74) is 1.03. The molecule has 0 saturated heterocycles. The van der Waals surface area contributed by atoms with Gasteiger partial charge in [-0.2, -0.15) is 4.98 Å². The smallest absolute Gasteiger partial charge is 0.339 e. The highest BCUT2D eigenvalue weighted by Gasteiger charge is 2.12. The molecule has 0 amide bonds. The minimum absolute atomic E-state index is 0.0697. The molecule has 0 atom stereocenters. The van der Waals surface area contributed by atoms with E-state index in [1.807, 2.05) is 6.92 Å². The Morgan fingerprint density at radius 3 is 3.00 bits per heavy atom. The maximum absolute atomic E-state index is 11.0. The third-order valence-electron chi connectivity index (χ3n) is 2.13. The average Bonchev–Trinajstić information content (AvgIpc) is 2.78. The van der Waals surface area contributed by atoms with Crippen molar-refractivity contribution in [2.24, 2.45) is 0 Å². The molecule has 1 aromatic carbocycles. The number of aromatic nitrogens is 2. The fourth-order valence-electron chi connectivity index (χ4n) is 1.32. The van der Waals surface area contributed by atoms with Crippen LogP contribution >= 0.6 is 0 Å². The Kier molecular flexibility index (Phi) is 3.04. The molecule has 1 heterocycles. The second-order valence-electron chi connectivity index (χ2n) is 3.44. The van der Waals surface area contributed by atoms with Crippen molar-refractivity contribution in [2.45, 2.75) is 13.5 Å². The predicted molar refractivity (Wildman–Crippen MR) is 56.8 cm³/mol. The predicted octanol–water partition coefficient (Wildman–Crippen LogP) is 1.66. The van der Waals surface area contributed by atoms with Crippen molar-refractivity contribution in [3.8, 4) is 5.75 Å². The van der Waals surface area contributed by atoms with E-state index in [2.05, 4.69) is 14.7 Å². The van der Waals surface area contributed by atoms with Crippen LogP contribution < -0.4 is 4.74 Å². The van der Waals surface area contributed by atoms with Crippen molar-refractivity contribution in [1.82, 2.24) is 10.1 Å². The van der Waals surface area contributed by atoms with E-state index < -0.39 is 5.97 Å². The average molecular weight is 234 g/mol. The molecule has 6 heteroatoms. The molecule has 0 aliphatic rings. The number of aryl methyl sites for hydroxylation is 1. The third kappa shape index (κ3) is 2.60. The standard InChI is InChI=1S/C11H10N2O4/c1-7-2-3-8(11(14)15)9(4-7)16-5-10-12-6-17-13-10/h2-4,6H,5H2,1H3,(H,14,15). The first kappa shape index (κ1) is 11.1. The summed E-state index contributed by atoms with van der Waals surface area (Å²) in [4.78, 5) is 14.7. The lowest BCUT2D eigenvalue weighted by Gasteiger charge is -2.07. The van der Waals surface area contributed by atoms with Crippen LogP contribution in [0, 0.1) is 6.92 Å². The van der Waals surface area contributed by atoms with Crippen LogP contribution in [-0.2, 0) is 6.61 Å². The molecule has 17 heavy (non-hydrogen) atoms. The zero-order valence-electron chi connectivity index (χ0n) is 9.08. The highest BCUT2D eigenvalue weighted by atomic mass is 16.5. The van der Waals surface area contributed by atoms with Crippen LogP contribution in [0.15, 0.2) is 29.1 Å². The topological polar surface area (TPSA) is 85.5 Å². The summed E-state index contributed by atoms with van der Waals surface area (Å²) in [6, 6.07) is 4.87. The molecule has 0 aliphatic carbocycles. The van der Waals surface area contributed by atoms with Gasteiger partial charge in [-0.15, -0.1) is 0 Å². The molecule has 88 valence electrons. The third-order valence-corrected chi connectivity index (χ3v) is 2.13. The molecule has 1 N–H and O–H groups in total. The van der Waals surface area contributed by atoms with E-state index in [0.717, 1.165) is 5.56 Å². The lowest BCUT2D eigenvalue weighted by atomic mass is 10.1. The fourth-order valence-corrected chi connectivity index (χ4v) is 1.32. The summed E-state index contributed by atoms with van der Waals surface area (Å²) in [7, 11) is 0. The number of hydrogen-bond donors (Lipinski definition) is 1. The number of hydrogen-bond acceptors (Lipinski definition) is 5. The summed E-state index contributed by atoms with van der Waals surface area (Å²) < 4.78 is 9.90. The van der Waals surface area contributed by atoms with Gasteiger partial charge >= 0.3 is 5.97 Å². The first-order valence-electron chi connectivity index (χ1n) is 4.89. The number of carboxylic acids is 1. The summed E-state index contributed by atoms with van der Waals surface area (Å²) in [6.45, 7) is 1.92. The summed E-state index contributed by atoms with van der Waals surface area (Å²) in [6.07, 6.45) is 1.19. The highest BCUT2D eigenvalue weighted by Crippen LogP contribution is 2.21. The fraction of sp³-hybridized carbons (Fsp3) is 0.182. The van der Waals surface area contributed by atoms with Gasteiger partial charge in [-0.1, -0.05) is 11.2 Å². The Labute approximate surface area is 96.8 Å². The van der Waals surface area contributed by atoms with Crippen molar-refractivity contribution < 1.29 is 19.2 Å². The van der Waals surface area contributed by atoms with Gasteiger partial charge in [0.25, 0.3) is 0 Å². The molecule has 0 spiro atoms. The Morgan fingerprint density at radius 1 is 1.53 bits per heavy atom. The van der Waals surface area contributed by atoms with Gasteiger partial charge in [0.2, 0.25) is 12.2 Å². The van der Waals surface area contributed by atoms with Crippen molar-refractivity contribution in [3.63, 3.8) is 0 Å². The molecule has 1 aromatic heterocycles. The van der Waals surface area contributed by atoms with E-state index in [9.17, 15) is 4.79 Å². The first-order chi connectivity index (χ1) is 8.16. The number of carboxylic acid groups (broad SMARTS) is 1. The summed E-state index contributed by atoms with van der Waals surface area (Å²) in [5, 5.41) is 12.6.